The molecule has 0 saturated heterocycles. The molecule has 0 aliphatic carbocycles. The average molecular weight is 173 g/mol. The number of carbonyl (C=O) groups excluding carboxylic acids is 1. The van der Waals surface area contributed by atoms with Crippen molar-refractivity contribution in [3.05, 3.63) is 0 Å². The first-order valence-corrected chi connectivity index (χ1v) is 4.96. The minimum Gasteiger partial charge on any atom is -0.356 e. The number of amides is 1. The van der Waals surface area contributed by atoms with E-state index in [-0.39, 0.29) is 11.8 Å². The molecule has 74 valence electrons. The van der Waals surface area contributed by atoms with E-state index in [1.54, 1.807) is 0 Å². The molecular formula is C10H23NO. The van der Waals surface area contributed by atoms with Crippen LogP contribution in [-0.2, 0) is 4.79 Å². The molecule has 0 spiro atoms. The molecule has 0 aromatic carbocycles. The third kappa shape index (κ3) is 9.47. The van der Waals surface area contributed by atoms with E-state index in [0.29, 0.717) is 0 Å². The summed E-state index contributed by atoms with van der Waals surface area (Å²) in [6.45, 7) is 10.7. The van der Waals surface area contributed by atoms with Crippen molar-refractivity contribution in [2.45, 2.75) is 47.5 Å². The van der Waals surface area contributed by atoms with Crippen LogP contribution < -0.4 is 5.32 Å². The Morgan fingerprint density at radius 2 is 1.83 bits per heavy atom. The van der Waals surface area contributed by atoms with E-state index in [1.807, 2.05) is 27.7 Å². The van der Waals surface area contributed by atoms with Gasteiger partial charge in [0.25, 0.3) is 0 Å². The van der Waals surface area contributed by atoms with E-state index in [2.05, 4.69) is 12.2 Å². The largest absolute Gasteiger partial charge is 0.356 e. The van der Waals surface area contributed by atoms with Crippen LogP contribution in [0.15, 0.2) is 0 Å². The maximum atomic E-state index is 10.9. The van der Waals surface area contributed by atoms with Crippen LogP contribution in [0.5, 0.6) is 0 Å². The number of hydrogen-bond acceptors (Lipinski definition) is 1. The molecule has 0 atom stereocenters. The van der Waals surface area contributed by atoms with Gasteiger partial charge in [-0.2, -0.15) is 0 Å². The number of nitrogens with one attached hydrogen (secondary N) is 1. The Morgan fingerprint density at radius 1 is 1.33 bits per heavy atom. The van der Waals surface area contributed by atoms with Gasteiger partial charge in [-0.1, -0.05) is 41.0 Å². The predicted molar refractivity (Wildman–Crippen MR) is 54.1 cm³/mol. The van der Waals surface area contributed by atoms with Gasteiger partial charge in [-0.15, -0.1) is 0 Å². The molecule has 1 N–H and O–H groups in total. The Kier molecular flexibility index (Phi) is 12.2. The van der Waals surface area contributed by atoms with Gasteiger partial charge >= 0.3 is 0 Å². The quantitative estimate of drug-likeness (QED) is 0.650. The summed E-state index contributed by atoms with van der Waals surface area (Å²) in [7, 11) is 0. The second kappa shape index (κ2) is 10.5. The fourth-order valence-electron chi connectivity index (χ4n) is 0.592. The molecule has 2 heteroatoms. The summed E-state index contributed by atoms with van der Waals surface area (Å²) in [5.74, 6) is 0.283. The van der Waals surface area contributed by atoms with E-state index in [4.69, 9.17) is 0 Å². The highest BCUT2D eigenvalue weighted by Gasteiger charge is 2.03. The van der Waals surface area contributed by atoms with E-state index in [9.17, 15) is 4.79 Å². The van der Waals surface area contributed by atoms with Crippen LogP contribution >= 0.6 is 0 Å². The average Bonchev–Trinajstić information content (AvgIpc) is 2.08. The van der Waals surface area contributed by atoms with Gasteiger partial charge in [-0.25, -0.2) is 0 Å². The first-order chi connectivity index (χ1) is 5.68. The van der Waals surface area contributed by atoms with Gasteiger partial charge in [0.05, 0.1) is 0 Å². The second-order valence-corrected chi connectivity index (χ2v) is 2.80. The molecular weight excluding hydrogens is 150 g/mol. The number of unbranched alkanes of at least 4 members (excludes halogenated alkanes) is 1. The van der Waals surface area contributed by atoms with Gasteiger partial charge in [-0.3, -0.25) is 4.79 Å². The van der Waals surface area contributed by atoms with Crippen molar-refractivity contribution in [1.82, 2.24) is 5.32 Å². The van der Waals surface area contributed by atoms with Crippen molar-refractivity contribution in [2.24, 2.45) is 5.92 Å². The fraction of sp³-hybridized carbons (Fsp3) is 0.900. The molecule has 0 saturated carbocycles. The number of rotatable bonds is 4. The lowest BCUT2D eigenvalue weighted by atomic mass is 10.2. The predicted octanol–water partition coefficient (Wildman–Crippen LogP) is 2.58. The number of carbonyl (C=O) groups is 1. The lowest BCUT2D eigenvalue weighted by Crippen LogP contribution is -2.28. The normalized spacial score (nSPS) is 8.83. The Balaban J connectivity index is 0. The molecule has 0 aliphatic heterocycles. The lowest BCUT2D eigenvalue weighted by Gasteiger charge is -2.05. The van der Waals surface area contributed by atoms with Crippen LogP contribution in [0.1, 0.15) is 47.5 Å². The van der Waals surface area contributed by atoms with Gasteiger partial charge < -0.3 is 5.32 Å². The Morgan fingerprint density at radius 3 is 2.17 bits per heavy atom. The summed E-state index contributed by atoms with van der Waals surface area (Å²) in [6.07, 6.45) is 2.22. The maximum absolute atomic E-state index is 10.9. The van der Waals surface area contributed by atoms with Crippen LogP contribution in [0.4, 0.5) is 0 Å². The molecule has 0 radical (unpaired) electrons. The third-order valence-corrected chi connectivity index (χ3v) is 1.35. The van der Waals surface area contributed by atoms with Crippen LogP contribution in [-0.4, -0.2) is 12.5 Å². The highest BCUT2D eigenvalue weighted by molar-refractivity contribution is 5.77. The van der Waals surface area contributed by atoms with Crippen molar-refractivity contribution < 1.29 is 4.79 Å². The molecule has 0 aromatic heterocycles. The fourth-order valence-corrected chi connectivity index (χ4v) is 0.592. The monoisotopic (exact) mass is 173 g/mol. The molecule has 0 unspecified atom stereocenters. The smallest absolute Gasteiger partial charge is 0.222 e. The van der Waals surface area contributed by atoms with E-state index < -0.39 is 0 Å². The zero-order valence-corrected chi connectivity index (χ0v) is 9.11. The first kappa shape index (κ1) is 14.0. The van der Waals surface area contributed by atoms with Gasteiger partial charge in [0, 0.05) is 12.5 Å². The van der Waals surface area contributed by atoms with Crippen LogP contribution in [0.3, 0.4) is 0 Å². The minimum absolute atomic E-state index is 0.122. The molecule has 1 amide bonds. The van der Waals surface area contributed by atoms with E-state index in [1.165, 1.54) is 0 Å². The summed E-state index contributed by atoms with van der Waals surface area (Å²) in [5, 5.41) is 2.84. The standard InChI is InChI=1S/C8H17NO.C2H6/c1-4-5-6-9-8(10)7(2)3;1-2/h7H,4-6H2,1-3H3,(H,9,10);1-2H3. The van der Waals surface area contributed by atoms with Crippen molar-refractivity contribution in [2.75, 3.05) is 6.54 Å². The summed E-state index contributed by atoms with van der Waals surface area (Å²) in [5.41, 5.74) is 0. The van der Waals surface area contributed by atoms with Crippen molar-refractivity contribution >= 4 is 5.91 Å². The lowest BCUT2D eigenvalue weighted by molar-refractivity contribution is -0.123. The Hall–Kier alpha value is -0.530. The van der Waals surface area contributed by atoms with Crippen molar-refractivity contribution in [3.63, 3.8) is 0 Å². The first-order valence-electron chi connectivity index (χ1n) is 4.96. The summed E-state index contributed by atoms with van der Waals surface area (Å²) < 4.78 is 0. The van der Waals surface area contributed by atoms with Gasteiger partial charge in [0.15, 0.2) is 0 Å². The van der Waals surface area contributed by atoms with E-state index in [0.717, 1.165) is 19.4 Å². The van der Waals surface area contributed by atoms with Crippen LogP contribution in [0.25, 0.3) is 0 Å². The highest BCUT2D eigenvalue weighted by Crippen LogP contribution is 1.91. The minimum atomic E-state index is 0.122. The topological polar surface area (TPSA) is 29.1 Å². The van der Waals surface area contributed by atoms with Crippen molar-refractivity contribution in [3.8, 4) is 0 Å². The second-order valence-electron chi connectivity index (χ2n) is 2.80. The van der Waals surface area contributed by atoms with E-state index >= 15 is 0 Å². The maximum Gasteiger partial charge on any atom is 0.222 e. The summed E-state index contributed by atoms with van der Waals surface area (Å²) >= 11 is 0. The molecule has 0 aliphatic rings. The zero-order chi connectivity index (χ0) is 9.98. The van der Waals surface area contributed by atoms with Crippen LogP contribution in [0.2, 0.25) is 0 Å². The van der Waals surface area contributed by atoms with Gasteiger partial charge in [0.1, 0.15) is 0 Å². The zero-order valence-electron chi connectivity index (χ0n) is 9.11. The SMILES string of the molecule is CC.CCCCNC(=O)C(C)C. The Labute approximate surface area is 76.7 Å². The molecule has 0 heterocycles. The summed E-state index contributed by atoms with van der Waals surface area (Å²) in [6, 6.07) is 0. The van der Waals surface area contributed by atoms with Crippen LogP contribution in [0, 0.1) is 5.92 Å². The molecule has 12 heavy (non-hydrogen) atoms. The van der Waals surface area contributed by atoms with Gasteiger partial charge in [0.2, 0.25) is 5.91 Å². The van der Waals surface area contributed by atoms with Crippen molar-refractivity contribution in [1.29, 1.82) is 0 Å². The number of hydrogen-bond donors (Lipinski definition) is 1. The summed E-state index contributed by atoms with van der Waals surface area (Å²) in [4.78, 5) is 10.9. The molecule has 0 bridgehead atoms. The molecule has 0 fully saturated rings. The highest BCUT2D eigenvalue weighted by atomic mass is 16.1. The molecule has 0 rings (SSSR count). The third-order valence-electron chi connectivity index (χ3n) is 1.35. The Bertz CT molecular complexity index is 100. The molecule has 0 aromatic rings. The molecule has 2 nitrogen and oxygen atoms in total. The van der Waals surface area contributed by atoms with Gasteiger partial charge in [-0.05, 0) is 6.42 Å².